The molecule has 0 amide bonds. The van der Waals surface area contributed by atoms with Crippen molar-refractivity contribution >= 4 is 0 Å². The molecule has 9 heavy (non-hydrogen) atoms. The first kappa shape index (κ1) is 7.03. The van der Waals surface area contributed by atoms with Gasteiger partial charge in [-0.1, -0.05) is 6.92 Å². The Morgan fingerprint density at radius 1 is 1.22 bits per heavy atom. The van der Waals surface area contributed by atoms with Crippen LogP contribution in [-0.2, 0) is 0 Å². The minimum atomic E-state index is 0.681. The third kappa shape index (κ3) is 1.95. The van der Waals surface area contributed by atoms with E-state index in [9.17, 15) is 0 Å². The average molecular weight is 128 g/mol. The SMILES string of the molecule is C[C@@H]1CNCCN[C@@H]1C. The maximum Gasteiger partial charge on any atom is 0.00793 e. The fourth-order valence-corrected chi connectivity index (χ4v) is 1.10. The first-order valence-corrected chi connectivity index (χ1v) is 3.75. The van der Waals surface area contributed by atoms with Gasteiger partial charge in [-0.3, -0.25) is 0 Å². The van der Waals surface area contributed by atoms with E-state index in [0.717, 1.165) is 25.6 Å². The molecule has 0 spiro atoms. The molecule has 1 aliphatic heterocycles. The largest absolute Gasteiger partial charge is 0.315 e. The van der Waals surface area contributed by atoms with Gasteiger partial charge >= 0.3 is 0 Å². The van der Waals surface area contributed by atoms with E-state index >= 15 is 0 Å². The first-order valence-electron chi connectivity index (χ1n) is 3.75. The van der Waals surface area contributed by atoms with Crippen LogP contribution in [0.25, 0.3) is 0 Å². The fourth-order valence-electron chi connectivity index (χ4n) is 1.10. The van der Waals surface area contributed by atoms with Gasteiger partial charge in [-0.05, 0) is 19.4 Å². The standard InChI is InChI=1S/C7H16N2/c1-6-5-8-3-4-9-7(6)2/h6-9H,3-5H2,1-2H3/t6-,7-/m1/s1. The maximum atomic E-state index is 3.43. The minimum Gasteiger partial charge on any atom is -0.315 e. The number of hydrogen-bond donors (Lipinski definition) is 2. The van der Waals surface area contributed by atoms with Crippen LogP contribution in [0.3, 0.4) is 0 Å². The Morgan fingerprint density at radius 3 is 2.78 bits per heavy atom. The van der Waals surface area contributed by atoms with Gasteiger partial charge in [0, 0.05) is 19.1 Å². The van der Waals surface area contributed by atoms with Gasteiger partial charge in [0.1, 0.15) is 0 Å². The molecule has 0 aromatic heterocycles. The average Bonchev–Trinajstić information content (AvgIpc) is 1.99. The topological polar surface area (TPSA) is 24.1 Å². The van der Waals surface area contributed by atoms with E-state index in [2.05, 4.69) is 24.5 Å². The van der Waals surface area contributed by atoms with Crippen LogP contribution in [0.15, 0.2) is 0 Å². The van der Waals surface area contributed by atoms with E-state index in [4.69, 9.17) is 0 Å². The summed E-state index contributed by atoms with van der Waals surface area (Å²) in [6, 6.07) is 0.681. The van der Waals surface area contributed by atoms with E-state index in [1.807, 2.05) is 0 Å². The highest BCUT2D eigenvalue weighted by Gasteiger charge is 2.12. The van der Waals surface area contributed by atoms with Gasteiger partial charge in [-0.2, -0.15) is 0 Å². The molecule has 54 valence electrons. The van der Waals surface area contributed by atoms with Crippen molar-refractivity contribution in [3.63, 3.8) is 0 Å². The summed E-state index contributed by atoms with van der Waals surface area (Å²) in [4.78, 5) is 0. The Balaban J connectivity index is 2.32. The second kappa shape index (κ2) is 3.18. The number of nitrogens with one attached hydrogen (secondary N) is 2. The quantitative estimate of drug-likeness (QED) is 0.487. The highest BCUT2D eigenvalue weighted by molar-refractivity contribution is 4.74. The molecule has 2 nitrogen and oxygen atoms in total. The van der Waals surface area contributed by atoms with Crippen molar-refractivity contribution < 1.29 is 0 Å². The normalized spacial score (nSPS) is 38.0. The van der Waals surface area contributed by atoms with Crippen LogP contribution in [-0.4, -0.2) is 25.7 Å². The lowest BCUT2D eigenvalue weighted by molar-refractivity contribution is 0.432. The lowest BCUT2D eigenvalue weighted by Gasteiger charge is -2.15. The summed E-state index contributed by atoms with van der Waals surface area (Å²) in [6.07, 6.45) is 0. The van der Waals surface area contributed by atoms with Crippen molar-refractivity contribution in [2.75, 3.05) is 19.6 Å². The van der Waals surface area contributed by atoms with E-state index in [-0.39, 0.29) is 0 Å². The third-order valence-electron chi connectivity index (χ3n) is 2.09. The Morgan fingerprint density at radius 2 is 2.00 bits per heavy atom. The van der Waals surface area contributed by atoms with Gasteiger partial charge in [-0.15, -0.1) is 0 Å². The Labute approximate surface area is 57.0 Å². The molecule has 2 heteroatoms. The van der Waals surface area contributed by atoms with Gasteiger partial charge in [0.25, 0.3) is 0 Å². The summed E-state index contributed by atoms with van der Waals surface area (Å²) in [7, 11) is 0. The van der Waals surface area contributed by atoms with Crippen molar-refractivity contribution in [3.8, 4) is 0 Å². The van der Waals surface area contributed by atoms with E-state index in [1.54, 1.807) is 0 Å². The lowest BCUT2D eigenvalue weighted by Crippen LogP contribution is -2.32. The van der Waals surface area contributed by atoms with E-state index in [0.29, 0.717) is 6.04 Å². The van der Waals surface area contributed by atoms with Gasteiger partial charge in [0.15, 0.2) is 0 Å². The van der Waals surface area contributed by atoms with E-state index in [1.165, 1.54) is 0 Å². The van der Waals surface area contributed by atoms with Crippen molar-refractivity contribution in [1.82, 2.24) is 10.6 Å². The molecule has 1 aliphatic rings. The molecule has 0 radical (unpaired) electrons. The van der Waals surface area contributed by atoms with Crippen LogP contribution in [0, 0.1) is 5.92 Å². The molecule has 2 atom stereocenters. The second-order valence-electron chi connectivity index (χ2n) is 2.92. The molecule has 0 saturated carbocycles. The third-order valence-corrected chi connectivity index (χ3v) is 2.09. The summed E-state index contributed by atoms with van der Waals surface area (Å²) in [6.45, 7) is 7.92. The van der Waals surface area contributed by atoms with Gasteiger partial charge in [-0.25, -0.2) is 0 Å². The monoisotopic (exact) mass is 128 g/mol. The summed E-state index contributed by atoms with van der Waals surface area (Å²) < 4.78 is 0. The van der Waals surface area contributed by atoms with Gasteiger partial charge in [0.2, 0.25) is 0 Å². The molecule has 2 N–H and O–H groups in total. The zero-order chi connectivity index (χ0) is 6.69. The predicted molar refractivity (Wildman–Crippen MR) is 39.5 cm³/mol. The number of hydrogen-bond acceptors (Lipinski definition) is 2. The highest BCUT2D eigenvalue weighted by atomic mass is 15.0. The summed E-state index contributed by atoms with van der Waals surface area (Å²) in [5, 5.41) is 6.80. The Kier molecular flexibility index (Phi) is 2.49. The summed E-state index contributed by atoms with van der Waals surface area (Å²) in [5.74, 6) is 0.771. The van der Waals surface area contributed by atoms with Crippen LogP contribution in [0.4, 0.5) is 0 Å². The molecule has 0 bridgehead atoms. The summed E-state index contributed by atoms with van der Waals surface area (Å²) >= 11 is 0. The first-order chi connectivity index (χ1) is 4.30. The molecule has 0 aromatic carbocycles. The van der Waals surface area contributed by atoms with Gasteiger partial charge < -0.3 is 10.6 Å². The zero-order valence-corrected chi connectivity index (χ0v) is 6.28. The molecule has 1 fully saturated rings. The number of rotatable bonds is 0. The second-order valence-corrected chi connectivity index (χ2v) is 2.92. The zero-order valence-electron chi connectivity index (χ0n) is 6.28. The minimum absolute atomic E-state index is 0.681. The van der Waals surface area contributed by atoms with Crippen LogP contribution < -0.4 is 10.6 Å². The van der Waals surface area contributed by atoms with Crippen LogP contribution in [0.2, 0.25) is 0 Å². The molecule has 1 saturated heterocycles. The van der Waals surface area contributed by atoms with Crippen LogP contribution in [0.1, 0.15) is 13.8 Å². The lowest BCUT2D eigenvalue weighted by atomic mass is 10.1. The van der Waals surface area contributed by atoms with Crippen LogP contribution >= 0.6 is 0 Å². The molecular weight excluding hydrogens is 112 g/mol. The van der Waals surface area contributed by atoms with Crippen molar-refractivity contribution in [3.05, 3.63) is 0 Å². The van der Waals surface area contributed by atoms with Gasteiger partial charge in [0.05, 0.1) is 0 Å². The molecule has 1 rings (SSSR count). The molecule has 0 unspecified atom stereocenters. The molecule has 0 aliphatic carbocycles. The van der Waals surface area contributed by atoms with E-state index < -0.39 is 0 Å². The fraction of sp³-hybridized carbons (Fsp3) is 1.00. The van der Waals surface area contributed by atoms with Crippen molar-refractivity contribution in [1.29, 1.82) is 0 Å². The highest BCUT2D eigenvalue weighted by Crippen LogP contribution is 2.01. The smallest absolute Gasteiger partial charge is 0.00793 e. The Bertz CT molecular complexity index is 73.0. The maximum absolute atomic E-state index is 3.43. The molecule has 0 aromatic rings. The summed E-state index contributed by atoms with van der Waals surface area (Å²) in [5.41, 5.74) is 0. The molecule has 1 heterocycles. The van der Waals surface area contributed by atoms with Crippen LogP contribution in [0.5, 0.6) is 0 Å². The van der Waals surface area contributed by atoms with Crippen molar-refractivity contribution in [2.45, 2.75) is 19.9 Å². The predicted octanol–water partition coefficient (Wildman–Crippen LogP) is 0.204. The Hall–Kier alpha value is -0.0800. The molecular formula is C7H16N2. The van der Waals surface area contributed by atoms with Crippen molar-refractivity contribution in [2.24, 2.45) is 5.92 Å².